The fourth-order valence-corrected chi connectivity index (χ4v) is 3.89. The van der Waals surface area contributed by atoms with Crippen LogP contribution in [0.5, 0.6) is 0 Å². The summed E-state index contributed by atoms with van der Waals surface area (Å²) in [7, 11) is -2.97. The summed E-state index contributed by atoms with van der Waals surface area (Å²) in [5.74, 6) is 0.269. The Morgan fingerprint density at radius 3 is 2.56 bits per heavy atom. The zero-order valence-electron chi connectivity index (χ0n) is 10.7. The van der Waals surface area contributed by atoms with E-state index >= 15 is 0 Å². The molecular weight excluding hydrogens is 273 g/mol. The predicted octanol–water partition coefficient (Wildman–Crippen LogP) is 2.29. The molecule has 1 aromatic rings. The van der Waals surface area contributed by atoms with Crippen LogP contribution in [0.25, 0.3) is 0 Å². The first-order valence-electron chi connectivity index (χ1n) is 5.57. The van der Waals surface area contributed by atoms with Crippen molar-refractivity contribution in [2.24, 2.45) is 5.73 Å². The summed E-state index contributed by atoms with van der Waals surface area (Å²) < 4.78 is 35.6. The lowest BCUT2D eigenvalue weighted by Gasteiger charge is -2.13. The van der Waals surface area contributed by atoms with Gasteiger partial charge in [0.05, 0.1) is 5.75 Å². The van der Waals surface area contributed by atoms with Gasteiger partial charge in [0, 0.05) is 22.9 Å². The molecule has 1 atom stereocenters. The van der Waals surface area contributed by atoms with Crippen LogP contribution in [-0.4, -0.2) is 26.2 Å². The second-order valence-corrected chi connectivity index (χ2v) is 7.80. The highest BCUT2D eigenvalue weighted by Crippen LogP contribution is 2.29. The SMILES string of the molecule is Cc1cc(SCCS(C)(=O)=O)c([C@@H](C)N)cc1F. The normalized spacial score (nSPS) is 13.6. The molecule has 102 valence electrons. The van der Waals surface area contributed by atoms with E-state index in [-0.39, 0.29) is 17.6 Å². The first-order valence-corrected chi connectivity index (χ1v) is 8.61. The van der Waals surface area contributed by atoms with E-state index in [0.29, 0.717) is 11.3 Å². The molecule has 0 aliphatic rings. The van der Waals surface area contributed by atoms with Gasteiger partial charge in [-0.15, -0.1) is 11.8 Å². The van der Waals surface area contributed by atoms with Crippen LogP contribution in [0, 0.1) is 12.7 Å². The van der Waals surface area contributed by atoms with E-state index in [0.717, 1.165) is 10.5 Å². The number of halogens is 1. The van der Waals surface area contributed by atoms with E-state index < -0.39 is 9.84 Å². The number of hydrogen-bond acceptors (Lipinski definition) is 4. The Balaban J connectivity index is 2.90. The lowest BCUT2D eigenvalue weighted by atomic mass is 10.1. The second kappa shape index (κ2) is 6.04. The Kier molecular flexibility index (Phi) is 5.19. The molecule has 0 fully saturated rings. The maximum Gasteiger partial charge on any atom is 0.148 e. The lowest BCUT2D eigenvalue weighted by Crippen LogP contribution is -2.09. The van der Waals surface area contributed by atoms with Gasteiger partial charge in [0.15, 0.2) is 0 Å². The third kappa shape index (κ3) is 4.59. The molecule has 0 heterocycles. The van der Waals surface area contributed by atoms with E-state index in [2.05, 4.69) is 0 Å². The average molecular weight is 291 g/mol. The van der Waals surface area contributed by atoms with Crippen LogP contribution in [0.2, 0.25) is 0 Å². The molecule has 6 heteroatoms. The molecule has 0 bridgehead atoms. The van der Waals surface area contributed by atoms with Gasteiger partial charge in [-0.2, -0.15) is 0 Å². The molecule has 0 aromatic heterocycles. The monoisotopic (exact) mass is 291 g/mol. The van der Waals surface area contributed by atoms with Crippen molar-refractivity contribution in [2.75, 3.05) is 17.8 Å². The van der Waals surface area contributed by atoms with Gasteiger partial charge in [0.1, 0.15) is 15.7 Å². The fraction of sp³-hybridized carbons (Fsp3) is 0.500. The number of thioether (sulfide) groups is 1. The highest BCUT2D eigenvalue weighted by atomic mass is 32.2. The second-order valence-electron chi connectivity index (χ2n) is 4.41. The molecule has 1 rings (SSSR count). The van der Waals surface area contributed by atoms with Gasteiger partial charge in [-0.3, -0.25) is 0 Å². The molecule has 0 radical (unpaired) electrons. The highest BCUT2D eigenvalue weighted by molar-refractivity contribution is 8.00. The zero-order chi connectivity index (χ0) is 13.9. The van der Waals surface area contributed by atoms with E-state index in [4.69, 9.17) is 5.73 Å². The predicted molar refractivity (Wildman–Crippen MR) is 74.2 cm³/mol. The van der Waals surface area contributed by atoms with Crippen molar-refractivity contribution in [2.45, 2.75) is 24.8 Å². The van der Waals surface area contributed by atoms with Crippen molar-refractivity contribution in [3.05, 3.63) is 29.1 Å². The van der Waals surface area contributed by atoms with E-state index in [1.807, 2.05) is 0 Å². The van der Waals surface area contributed by atoms with Gasteiger partial charge >= 0.3 is 0 Å². The van der Waals surface area contributed by atoms with Crippen molar-refractivity contribution in [3.63, 3.8) is 0 Å². The lowest BCUT2D eigenvalue weighted by molar-refractivity contribution is 0.603. The summed E-state index contributed by atoms with van der Waals surface area (Å²) in [5.41, 5.74) is 7.05. The molecule has 0 aliphatic heterocycles. The minimum Gasteiger partial charge on any atom is -0.324 e. The molecule has 0 unspecified atom stereocenters. The zero-order valence-corrected chi connectivity index (χ0v) is 12.4. The van der Waals surface area contributed by atoms with Gasteiger partial charge in [-0.1, -0.05) is 0 Å². The smallest absolute Gasteiger partial charge is 0.148 e. The van der Waals surface area contributed by atoms with E-state index in [9.17, 15) is 12.8 Å². The van der Waals surface area contributed by atoms with Crippen LogP contribution >= 0.6 is 11.8 Å². The average Bonchev–Trinajstić information content (AvgIpc) is 2.20. The van der Waals surface area contributed by atoms with Crippen LogP contribution in [-0.2, 0) is 9.84 Å². The van der Waals surface area contributed by atoms with E-state index in [1.165, 1.54) is 24.1 Å². The van der Waals surface area contributed by atoms with Crippen LogP contribution in [0.3, 0.4) is 0 Å². The molecule has 0 saturated heterocycles. The molecular formula is C12H18FNO2S2. The number of nitrogens with two attached hydrogens (primary N) is 1. The quantitative estimate of drug-likeness (QED) is 0.846. The summed E-state index contributed by atoms with van der Waals surface area (Å²) in [5, 5.41) is 0. The first-order chi connectivity index (χ1) is 8.20. The Bertz CT molecular complexity index is 527. The highest BCUT2D eigenvalue weighted by Gasteiger charge is 2.12. The van der Waals surface area contributed by atoms with Crippen LogP contribution < -0.4 is 5.73 Å². The summed E-state index contributed by atoms with van der Waals surface area (Å²) in [6.07, 6.45) is 1.20. The minimum atomic E-state index is -2.97. The largest absolute Gasteiger partial charge is 0.324 e. The van der Waals surface area contributed by atoms with Gasteiger partial charge in [0.2, 0.25) is 0 Å². The van der Waals surface area contributed by atoms with Crippen molar-refractivity contribution in [3.8, 4) is 0 Å². The molecule has 1 aromatic carbocycles. The minimum absolute atomic E-state index is 0.104. The van der Waals surface area contributed by atoms with Gasteiger partial charge in [-0.05, 0) is 37.1 Å². The number of rotatable bonds is 5. The maximum atomic E-state index is 13.5. The summed E-state index contributed by atoms with van der Waals surface area (Å²) >= 11 is 1.40. The molecule has 3 nitrogen and oxygen atoms in total. The topological polar surface area (TPSA) is 60.2 Å². The Morgan fingerprint density at radius 1 is 1.44 bits per heavy atom. The molecule has 2 N–H and O–H groups in total. The van der Waals surface area contributed by atoms with Gasteiger partial charge < -0.3 is 5.73 Å². The van der Waals surface area contributed by atoms with Crippen LogP contribution in [0.15, 0.2) is 17.0 Å². The Labute approximate surface area is 112 Å². The fourth-order valence-electron chi connectivity index (χ4n) is 1.45. The molecule has 0 saturated carbocycles. The van der Waals surface area contributed by atoms with E-state index in [1.54, 1.807) is 19.9 Å². The third-order valence-corrected chi connectivity index (χ3v) is 4.77. The molecule has 18 heavy (non-hydrogen) atoms. The summed E-state index contributed by atoms with van der Waals surface area (Å²) in [4.78, 5) is 0.854. The standard InChI is InChI=1S/C12H18FNO2S2/c1-8-6-12(17-4-5-18(3,15)16)10(9(2)14)7-11(8)13/h6-7,9H,4-5,14H2,1-3H3/t9-/m1/s1. The third-order valence-electron chi connectivity index (χ3n) is 2.49. The van der Waals surface area contributed by atoms with Gasteiger partial charge in [0.25, 0.3) is 0 Å². The van der Waals surface area contributed by atoms with Crippen molar-refractivity contribution >= 4 is 21.6 Å². The number of hydrogen-bond donors (Lipinski definition) is 1. The number of aryl methyl sites for hydroxylation is 1. The molecule has 0 aliphatic carbocycles. The Morgan fingerprint density at radius 2 is 2.06 bits per heavy atom. The van der Waals surface area contributed by atoms with Crippen molar-refractivity contribution in [1.82, 2.24) is 0 Å². The van der Waals surface area contributed by atoms with Crippen molar-refractivity contribution < 1.29 is 12.8 Å². The number of benzene rings is 1. The summed E-state index contributed by atoms with van der Waals surface area (Å²) in [6.45, 7) is 3.46. The van der Waals surface area contributed by atoms with Gasteiger partial charge in [-0.25, -0.2) is 12.8 Å². The van der Waals surface area contributed by atoms with Crippen LogP contribution in [0.4, 0.5) is 4.39 Å². The van der Waals surface area contributed by atoms with Crippen molar-refractivity contribution in [1.29, 1.82) is 0 Å². The molecule has 0 amide bonds. The van der Waals surface area contributed by atoms with Crippen LogP contribution in [0.1, 0.15) is 24.1 Å². The summed E-state index contributed by atoms with van der Waals surface area (Å²) in [6, 6.07) is 2.88. The number of sulfone groups is 1. The Hall–Kier alpha value is -0.590. The molecule has 0 spiro atoms. The maximum absolute atomic E-state index is 13.5. The first kappa shape index (κ1) is 15.5.